The Labute approximate surface area is 116 Å². The van der Waals surface area contributed by atoms with Crippen LogP contribution in [0.4, 0.5) is 0 Å². The molecule has 1 heterocycles. The van der Waals surface area contributed by atoms with Crippen molar-refractivity contribution in [1.29, 1.82) is 0 Å². The lowest BCUT2D eigenvalue weighted by atomic mass is 9.95. The van der Waals surface area contributed by atoms with E-state index in [4.69, 9.17) is 4.74 Å². The Hall–Kier alpha value is -1.81. The van der Waals surface area contributed by atoms with Crippen LogP contribution in [0.1, 0.15) is 10.4 Å². The lowest BCUT2D eigenvalue weighted by Crippen LogP contribution is -2.19. The van der Waals surface area contributed by atoms with Gasteiger partial charge in [0.2, 0.25) is 0 Å². The molecule has 1 N–H and O–H groups in total. The molecule has 1 aromatic carbocycles. The third kappa shape index (κ3) is 3.58. The van der Waals surface area contributed by atoms with Crippen LogP contribution in [-0.4, -0.2) is 18.2 Å². The highest BCUT2D eigenvalue weighted by molar-refractivity contribution is 7.09. The van der Waals surface area contributed by atoms with Crippen molar-refractivity contribution < 1.29 is 14.6 Å². The number of thiophene rings is 1. The smallest absolute Gasteiger partial charge is 0.307 e. The van der Waals surface area contributed by atoms with E-state index in [-0.39, 0.29) is 0 Å². The molecule has 2 aromatic rings. The maximum atomic E-state index is 11.4. The van der Waals surface area contributed by atoms with Gasteiger partial charge in [0.15, 0.2) is 0 Å². The third-order valence-corrected chi connectivity index (χ3v) is 3.93. The van der Waals surface area contributed by atoms with Crippen LogP contribution in [0.3, 0.4) is 0 Å². The Morgan fingerprint density at radius 2 is 2.05 bits per heavy atom. The first-order valence-corrected chi connectivity index (χ1v) is 6.95. The second kappa shape index (κ2) is 6.38. The Kier molecular flexibility index (Phi) is 4.58. The van der Waals surface area contributed by atoms with Crippen molar-refractivity contribution in [3.8, 4) is 5.75 Å². The zero-order chi connectivity index (χ0) is 13.7. The first kappa shape index (κ1) is 13.6. The average molecular weight is 276 g/mol. The molecular formula is C15H16O3S. The summed E-state index contributed by atoms with van der Waals surface area (Å²) in [6.07, 6.45) is 1.04. The summed E-state index contributed by atoms with van der Waals surface area (Å²) >= 11 is 1.59. The van der Waals surface area contributed by atoms with Gasteiger partial charge >= 0.3 is 5.97 Å². The fraction of sp³-hybridized carbons (Fsp3) is 0.267. The fourth-order valence-electron chi connectivity index (χ4n) is 2.06. The van der Waals surface area contributed by atoms with Crippen LogP contribution < -0.4 is 4.74 Å². The minimum absolute atomic E-state index is 0.421. The van der Waals surface area contributed by atoms with Gasteiger partial charge < -0.3 is 9.84 Å². The summed E-state index contributed by atoms with van der Waals surface area (Å²) in [6.45, 7) is 0. The number of rotatable bonds is 6. The molecule has 0 saturated carbocycles. The molecule has 0 spiro atoms. The number of methoxy groups -OCH3 is 1. The SMILES string of the molecule is COc1ccccc1CC(Cc1cccs1)C(=O)O. The molecule has 1 atom stereocenters. The van der Waals surface area contributed by atoms with E-state index in [0.29, 0.717) is 12.8 Å². The number of hydrogen-bond acceptors (Lipinski definition) is 3. The topological polar surface area (TPSA) is 46.5 Å². The molecule has 1 unspecified atom stereocenters. The van der Waals surface area contributed by atoms with Crippen molar-refractivity contribution in [2.24, 2.45) is 5.92 Å². The lowest BCUT2D eigenvalue weighted by Gasteiger charge is -2.14. The van der Waals surface area contributed by atoms with E-state index in [1.165, 1.54) is 0 Å². The number of ether oxygens (including phenoxy) is 1. The molecule has 4 heteroatoms. The molecule has 0 fully saturated rings. The predicted molar refractivity (Wildman–Crippen MR) is 75.8 cm³/mol. The highest BCUT2D eigenvalue weighted by Crippen LogP contribution is 2.24. The van der Waals surface area contributed by atoms with Crippen molar-refractivity contribution in [2.45, 2.75) is 12.8 Å². The number of carboxylic acids is 1. The molecule has 0 aliphatic rings. The second-order valence-corrected chi connectivity index (χ2v) is 5.37. The molecule has 2 rings (SSSR count). The van der Waals surface area contributed by atoms with Gasteiger partial charge in [0.05, 0.1) is 13.0 Å². The summed E-state index contributed by atoms with van der Waals surface area (Å²) in [5.41, 5.74) is 0.939. The summed E-state index contributed by atoms with van der Waals surface area (Å²) < 4.78 is 5.27. The zero-order valence-corrected chi connectivity index (χ0v) is 11.5. The molecule has 0 aliphatic carbocycles. The first-order valence-electron chi connectivity index (χ1n) is 6.07. The van der Waals surface area contributed by atoms with Gasteiger partial charge in [-0.1, -0.05) is 24.3 Å². The highest BCUT2D eigenvalue weighted by Gasteiger charge is 2.20. The zero-order valence-electron chi connectivity index (χ0n) is 10.7. The second-order valence-electron chi connectivity index (χ2n) is 4.33. The maximum Gasteiger partial charge on any atom is 0.307 e. The number of para-hydroxylation sites is 1. The summed E-state index contributed by atoms with van der Waals surface area (Å²) in [5, 5.41) is 11.3. The van der Waals surface area contributed by atoms with Crippen LogP contribution >= 0.6 is 11.3 Å². The molecule has 0 saturated heterocycles. The molecule has 3 nitrogen and oxygen atoms in total. The predicted octanol–water partition coefficient (Wildman–Crippen LogP) is 3.24. The van der Waals surface area contributed by atoms with Gasteiger partial charge in [-0.3, -0.25) is 4.79 Å². The van der Waals surface area contributed by atoms with Crippen LogP contribution in [0, 0.1) is 5.92 Å². The fourth-order valence-corrected chi connectivity index (χ4v) is 2.84. The van der Waals surface area contributed by atoms with E-state index < -0.39 is 11.9 Å². The number of aliphatic carboxylic acids is 1. The number of carbonyl (C=O) groups is 1. The van der Waals surface area contributed by atoms with Gasteiger partial charge in [-0.2, -0.15) is 0 Å². The average Bonchev–Trinajstić information content (AvgIpc) is 2.91. The van der Waals surface area contributed by atoms with Crippen molar-refractivity contribution in [3.05, 3.63) is 52.2 Å². The van der Waals surface area contributed by atoms with Gasteiger partial charge in [-0.25, -0.2) is 0 Å². The number of hydrogen-bond donors (Lipinski definition) is 1. The molecule has 0 aliphatic heterocycles. The van der Waals surface area contributed by atoms with Gasteiger partial charge in [-0.05, 0) is 35.9 Å². The molecule has 0 radical (unpaired) electrons. The van der Waals surface area contributed by atoms with E-state index in [0.717, 1.165) is 16.2 Å². The first-order chi connectivity index (χ1) is 9.20. The third-order valence-electron chi connectivity index (χ3n) is 3.04. The molecule has 0 bridgehead atoms. The van der Waals surface area contributed by atoms with Gasteiger partial charge in [0, 0.05) is 4.88 Å². The lowest BCUT2D eigenvalue weighted by molar-refractivity contribution is -0.141. The summed E-state index contributed by atoms with van der Waals surface area (Å²) in [5.74, 6) is -0.436. The van der Waals surface area contributed by atoms with Gasteiger partial charge in [0.25, 0.3) is 0 Å². The summed E-state index contributed by atoms with van der Waals surface area (Å²) in [6, 6.07) is 11.5. The van der Waals surface area contributed by atoms with Crippen LogP contribution in [0.2, 0.25) is 0 Å². The normalized spacial score (nSPS) is 12.1. The highest BCUT2D eigenvalue weighted by atomic mass is 32.1. The molecular weight excluding hydrogens is 260 g/mol. The largest absolute Gasteiger partial charge is 0.496 e. The number of carboxylic acid groups (broad SMARTS) is 1. The maximum absolute atomic E-state index is 11.4. The van der Waals surface area contributed by atoms with Crippen molar-refractivity contribution in [1.82, 2.24) is 0 Å². The molecule has 100 valence electrons. The van der Waals surface area contributed by atoms with E-state index in [1.807, 2.05) is 41.8 Å². The standard InChI is InChI=1S/C15H16O3S/c1-18-14-7-3-2-5-11(14)9-12(15(16)17)10-13-6-4-8-19-13/h2-8,12H,9-10H2,1H3,(H,16,17). The van der Waals surface area contributed by atoms with Crippen LogP contribution in [0.25, 0.3) is 0 Å². The van der Waals surface area contributed by atoms with Gasteiger partial charge in [-0.15, -0.1) is 11.3 Å². The van der Waals surface area contributed by atoms with Crippen LogP contribution in [0.15, 0.2) is 41.8 Å². The Bertz CT molecular complexity index is 534. The van der Waals surface area contributed by atoms with Crippen molar-refractivity contribution in [3.63, 3.8) is 0 Å². The van der Waals surface area contributed by atoms with Gasteiger partial charge in [0.1, 0.15) is 5.75 Å². The molecule has 1 aromatic heterocycles. The Morgan fingerprint density at radius 1 is 1.26 bits per heavy atom. The van der Waals surface area contributed by atoms with E-state index >= 15 is 0 Å². The Balaban J connectivity index is 2.14. The monoisotopic (exact) mass is 276 g/mol. The Morgan fingerprint density at radius 3 is 2.68 bits per heavy atom. The minimum atomic E-state index is -0.765. The van der Waals surface area contributed by atoms with E-state index in [9.17, 15) is 9.90 Å². The molecule has 0 amide bonds. The van der Waals surface area contributed by atoms with Crippen molar-refractivity contribution in [2.75, 3.05) is 7.11 Å². The minimum Gasteiger partial charge on any atom is -0.496 e. The van der Waals surface area contributed by atoms with Crippen LogP contribution in [-0.2, 0) is 17.6 Å². The summed E-state index contributed by atoms with van der Waals surface area (Å²) in [4.78, 5) is 12.5. The quantitative estimate of drug-likeness (QED) is 0.881. The summed E-state index contributed by atoms with van der Waals surface area (Å²) in [7, 11) is 1.61. The number of benzene rings is 1. The van der Waals surface area contributed by atoms with Crippen LogP contribution in [0.5, 0.6) is 5.75 Å². The molecule has 19 heavy (non-hydrogen) atoms. The van der Waals surface area contributed by atoms with E-state index in [1.54, 1.807) is 18.4 Å². The van der Waals surface area contributed by atoms with E-state index in [2.05, 4.69) is 0 Å². The van der Waals surface area contributed by atoms with Crippen molar-refractivity contribution >= 4 is 17.3 Å².